The van der Waals surface area contributed by atoms with Crippen molar-refractivity contribution < 1.29 is 14.0 Å². The minimum atomic E-state index is -0.735. The standard InChI is InChI=1S/C14H13FN4O2/c1-2-6-19-11(16-8-17-19)7-18-12-9(13(20)14(18)21)4-3-5-10(12)15/h3-5,8H,2,6-7H2,1H3. The first-order valence-corrected chi connectivity index (χ1v) is 6.65. The number of carbonyl (C=O) groups excluding carboxylic acids is 2. The van der Waals surface area contributed by atoms with E-state index in [4.69, 9.17) is 0 Å². The molecule has 1 aliphatic rings. The van der Waals surface area contributed by atoms with Crippen LogP contribution in [0.1, 0.15) is 29.5 Å². The van der Waals surface area contributed by atoms with E-state index in [0.717, 1.165) is 11.3 Å². The summed E-state index contributed by atoms with van der Waals surface area (Å²) in [5, 5.41) is 4.06. The molecule has 0 aliphatic carbocycles. The Balaban J connectivity index is 1.98. The van der Waals surface area contributed by atoms with Crippen LogP contribution in [0.2, 0.25) is 0 Å². The van der Waals surface area contributed by atoms with Crippen LogP contribution >= 0.6 is 0 Å². The number of para-hydroxylation sites is 1. The minimum Gasteiger partial charge on any atom is -0.294 e. The molecule has 21 heavy (non-hydrogen) atoms. The molecule has 0 fully saturated rings. The maximum atomic E-state index is 14.0. The number of hydrogen-bond donors (Lipinski definition) is 0. The molecule has 6 nitrogen and oxygen atoms in total. The molecule has 0 unspecified atom stereocenters. The summed E-state index contributed by atoms with van der Waals surface area (Å²) in [5.41, 5.74) is 0.125. The molecule has 0 saturated carbocycles. The van der Waals surface area contributed by atoms with E-state index >= 15 is 0 Å². The summed E-state index contributed by atoms with van der Waals surface area (Å²) in [6.45, 7) is 2.67. The zero-order chi connectivity index (χ0) is 15.0. The van der Waals surface area contributed by atoms with Crippen molar-refractivity contribution in [1.82, 2.24) is 14.8 Å². The predicted molar refractivity (Wildman–Crippen MR) is 72.2 cm³/mol. The van der Waals surface area contributed by atoms with Crippen molar-refractivity contribution in [2.24, 2.45) is 0 Å². The number of Topliss-reactive ketones (excluding diaryl/α,β-unsaturated/α-hetero) is 1. The van der Waals surface area contributed by atoms with Gasteiger partial charge in [-0.1, -0.05) is 13.0 Å². The lowest BCUT2D eigenvalue weighted by atomic mass is 10.1. The van der Waals surface area contributed by atoms with Crippen molar-refractivity contribution in [2.75, 3.05) is 4.90 Å². The van der Waals surface area contributed by atoms with E-state index in [9.17, 15) is 14.0 Å². The molecule has 2 aromatic rings. The quantitative estimate of drug-likeness (QED) is 0.801. The first-order valence-electron chi connectivity index (χ1n) is 6.65. The summed E-state index contributed by atoms with van der Waals surface area (Å²) in [7, 11) is 0. The summed E-state index contributed by atoms with van der Waals surface area (Å²) in [6.07, 6.45) is 2.24. The van der Waals surface area contributed by atoms with Crippen molar-refractivity contribution >= 4 is 17.4 Å². The Hall–Kier alpha value is -2.57. The normalized spacial score (nSPS) is 13.9. The average Bonchev–Trinajstić information content (AvgIpc) is 3.00. The Morgan fingerprint density at radius 2 is 2.10 bits per heavy atom. The van der Waals surface area contributed by atoms with Crippen molar-refractivity contribution in [1.29, 1.82) is 0 Å². The smallest absolute Gasteiger partial charge is 0.294 e. The van der Waals surface area contributed by atoms with Gasteiger partial charge in [-0.05, 0) is 18.6 Å². The minimum absolute atomic E-state index is 0.0263. The van der Waals surface area contributed by atoms with E-state index in [1.165, 1.54) is 24.5 Å². The summed E-state index contributed by atoms with van der Waals surface area (Å²) in [4.78, 5) is 29.2. The Labute approximate surface area is 120 Å². The molecule has 0 atom stereocenters. The summed E-state index contributed by atoms with van der Waals surface area (Å²) in [6, 6.07) is 4.10. The summed E-state index contributed by atoms with van der Waals surface area (Å²) >= 11 is 0. The van der Waals surface area contributed by atoms with Gasteiger partial charge >= 0.3 is 0 Å². The molecular formula is C14H13FN4O2. The van der Waals surface area contributed by atoms with Gasteiger partial charge in [0.1, 0.15) is 18.0 Å². The average molecular weight is 288 g/mol. The number of aryl methyl sites for hydroxylation is 1. The highest BCUT2D eigenvalue weighted by molar-refractivity contribution is 6.52. The van der Waals surface area contributed by atoms with Gasteiger partial charge in [-0.3, -0.25) is 14.5 Å². The molecule has 1 amide bonds. The summed E-state index contributed by atoms with van der Waals surface area (Å²) in [5.74, 6) is -1.49. The van der Waals surface area contributed by atoms with Gasteiger partial charge in [0.15, 0.2) is 0 Å². The molecule has 0 saturated heterocycles. The lowest BCUT2D eigenvalue weighted by molar-refractivity contribution is -0.114. The Morgan fingerprint density at radius 1 is 1.29 bits per heavy atom. The van der Waals surface area contributed by atoms with Crippen LogP contribution < -0.4 is 4.90 Å². The van der Waals surface area contributed by atoms with Crippen LogP contribution in [0.3, 0.4) is 0 Å². The maximum Gasteiger partial charge on any atom is 0.299 e. The molecule has 1 aromatic heterocycles. The highest BCUT2D eigenvalue weighted by atomic mass is 19.1. The molecule has 2 heterocycles. The number of ketones is 1. The number of hydrogen-bond acceptors (Lipinski definition) is 4. The molecule has 3 rings (SSSR count). The molecule has 0 spiro atoms. The molecule has 108 valence electrons. The Bertz CT molecular complexity index is 726. The van der Waals surface area contributed by atoms with E-state index in [0.29, 0.717) is 12.4 Å². The second-order valence-corrected chi connectivity index (χ2v) is 4.76. The SMILES string of the molecule is CCCn1ncnc1CN1C(=O)C(=O)c2cccc(F)c21. The van der Waals surface area contributed by atoms with E-state index in [-0.39, 0.29) is 17.8 Å². The molecule has 1 aliphatic heterocycles. The number of fused-ring (bicyclic) bond motifs is 1. The second kappa shape index (κ2) is 5.08. The monoisotopic (exact) mass is 288 g/mol. The van der Waals surface area contributed by atoms with Crippen LogP contribution in [0.15, 0.2) is 24.5 Å². The summed E-state index contributed by atoms with van der Waals surface area (Å²) < 4.78 is 15.6. The van der Waals surface area contributed by atoms with E-state index in [1.807, 2.05) is 6.92 Å². The number of amides is 1. The number of carbonyl (C=O) groups is 2. The fraction of sp³-hybridized carbons (Fsp3) is 0.286. The Morgan fingerprint density at radius 3 is 2.86 bits per heavy atom. The molecular weight excluding hydrogens is 275 g/mol. The van der Waals surface area contributed by atoms with Gasteiger partial charge in [0.2, 0.25) is 0 Å². The van der Waals surface area contributed by atoms with Crippen molar-refractivity contribution in [3.8, 4) is 0 Å². The van der Waals surface area contributed by atoms with Crippen molar-refractivity contribution in [3.63, 3.8) is 0 Å². The van der Waals surface area contributed by atoms with Gasteiger partial charge in [0, 0.05) is 6.54 Å². The first kappa shape index (κ1) is 13.4. The first-order chi connectivity index (χ1) is 10.1. The molecule has 1 aromatic carbocycles. The van der Waals surface area contributed by atoms with Crippen LogP contribution in [0.4, 0.5) is 10.1 Å². The number of anilines is 1. The van der Waals surface area contributed by atoms with Crippen LogP contribution in [0.25, 0.3) is 0 Å². The van der Waals surface area contributed by atoms with E-state index in [1.54, 1.807) is 4.68 Å². The van der Waals surface area contributed by atoms with Gasteiger partial charge in [-0.2, -0.15) is 5.10 Å². The van der Waals surface area contributed by atoms with E-state index in [2.05, 4.69) is 10.1 Å². The predicted octanol–water partition coefficient (Wildman–Crippen LogP) is 1.56. The van der Waals surface area contributed by atoms with Crippen LogP contribution in [-0.2, 0) is 17.9 Å². The van der Waals surface area contributed by atoms with Crippen molar-refractivity contribution in [2.45, 2.75) is 26.4 Å². The number of nitrogens with zero attached hydrogens (tertiary/aromatic N) is 4. The largest absolute Gasteiger partial charge is 0.299 e. The molecule has 0 N–H and O–H groups in total. The fourth-order valence-corrected chi connectivity index (χ4v) is 2.41. The Kier molecular flexibility index (Phi) is 3.25. The molecule has 0 radical (unpaired) electrons. The fourth-order valence-electron chi connectivity index (χ4n) is 2.41. The third-order valence-electron chi connectivity index (χ3n) is 3.37. The number of rotatable bonds is 4. The van der Waals surface area contributed by atoms with Gasteiger partial charge in [-0.15, -0.1) is 0 Å². The lowest BCUT2D eigenvalue weighted by Crippen LogP contribution is -2.31. The number of benzene rings is 1. The number of halogens is 1. The van der Waals surface area contributed by atoms with Gasteiger partial charge in [0.25, 0.3) is 11.7 Å². The zero-order valence-electron chi connectivity index (χ0n) is 11.4. The highest BCUT2D eigenvalue weighted by Crippen LogP contribution is 2.32. The van der Waals surface area contributed by atoms with Crippen molar-refractivity contribution in [3.05, 3.63) is 41.7 Å². The third kappa shape index (κ3) is 2.10. The van der Waals surface area contributed by atoms with Crippen LogP contribution in [0, 0.1) is 5.82 Å². The molecule has 0 bridgehead atoms. The molecule has 7 heteroatoms. The van der Waals surface area contributed by atoms with Gasteiger partial charge < -0.3 is 0 Å². The maximum absolute atomic E-state index is 14.0. The highest BCUT2D eigenvalue weighted by Gasteiger charge is 2.38. The lowest BCUT2D eigenvalue weighted by Gasteiger charge is -2.16. The van der Waals surface area contributed by atoms with Crippen LogP contribution in [-0.4, -0.2) is 26.5 Å². The van der Waals surface area contributed by atoms with Crippen LogP contribution in [0.5, 0.6) is 0 Å². The second-order valence-electron chi connectivity index (χ2n) is 4.76. The zero-order valence-corrected chi connectivity index (χ0v) is 11.4. The van der Waals surface area contributed by atoms with E-state index < -0.39 is 17.5 Å². The van der Waals surface area contributed by atoms with Gasteiger partial charge in [0.05, 0.1) is 17.8 Å². The van der Waals surface area contributed by atoms with Gasteiger partial charge in [-0.25, -0.2) is 14.1 Å². The topological polar surface area (TPSA) is 68.1 Å². The third-order valence-corrected chi connectivity index (χ3v) is 3.37. The number of aromatic nitrogens is 3.